The standard InChI is InChI=1S/C19H19F3IN3O/c1-12-10-14(23)6-7-16(12)25-18(27)13-4-3-9-26(11-13)17-15(19(20,21)22)5-2-8-24-17/h2,5-8,10,13H,3-4,9,11H2,1H3,(H,25,27). The van der Waals surface area contributed by atoms with Crippen LogP contribution in [0.25, 0.3) is 0 Å². The number of benzene rings is 1. The van der Waals surface area contributed by atoms with Crippen LogP contribution in [0.2, 0.25) is 0 Å². The van der Waals surface area contributed by atoms with E-state index in [1.165, 1.54) is 12.3 Å². The number of nitrogens with one attached hydrogen (secondary N) is 1. The molecule has 2 heterocycles. The highest BCUT2D eigenvalue weighted by Gasteiger charge is 2.37. The van der Waals surface area contributed by atoms with Crippen molar-refractivity contribution >= 4 is 40.0 Å². The monoisotopic (exact) mass is 489 g/mol. The van der Waals surface area contributed by atoms with Crippen LogP contribution in [0, 0.1) is 16.4 Å². The van der Waals surface area contributed by atoms with E-state index in [-0.39, 0.29) is 24.2 Å². The van der Waals surface area contributed by atoms with E-state index in [4.69, 9.17) is 0 Å². The molecule has 144 valence electrons. The van der Waals surface area contributed by atoms with Gasteiger partial charge in [-0.2, -0.15) is 13.2 Å². The number of carbonyl (C=O) groups is 1. The molecule has 27 heavy (non-hydrogen) atoms. The zero-order valence-electron chi connectivity index (χ0n) is 14.7. The third-order valence-electron chi connectivity index (χ3n) is 4.63. The van der Waals surface area contributed by atoms with Crippen LogP contribution in [-0.2, 0) is 11.0 Å². The Morgan fingerprint density at radius 1 is 1.33 bits per heavy atom. The number of hydrogen-bond donors (Lipinski definition) is 1. The van der Waals surface area contributed by atoms with E-state index in [9.17, 15) is 18.0 Å². The fourth-order valence-corrected chi connectivity index (χ4v) is 3.90. The molecule has 0 saturated carbocycles. The average Bonchev–Trinajstić information content (AvgIpc) is 2.63. The molecule has 1 aromatic heterocycles. The van der Waals surface area contributed by atoms with Gasteiger partial charge in [-0.25, -0.2) is 4.98 Å². The number of pyridine rings is 1. The summed E-state index contributed by atoms with van der Waals surface area (Å²) in [6.45, 7) is 2.58. The number of hydrogen-bond acceptors (Lipinski definition) is 3. The Labute approximate surface area is 169 Å². The number of alkyl halides is 3. The quantitative estimate of drug-likeness (QED) is 0.627. The Kier molecular flexibility index (Phi) is 5.92. The fraction of sp³-hybridized carbons (Fsp3) is 0.368. The summed E-state index contributed by atoms with van der Waals surface area (Å²) in [5.74, 6) is -0.665. The highest BCUT2D eigenvalue weighted by Crippen LogP contribution is 2.36. The first kappa shape index (κ1) is 19.9. The van der Waals surface area contributed by atoms with E-state index in [0.717, 1.165) is 20.9 Å². The molecule has 1 aliphatic rings. The lowest BCUT2D eigenvalue weighted by molar-refractivity contribution is -0.137. The molecule has 0 bridgehead atoms. The molecule has 8 heteroatoms. The van der Waals surface area contributed by atoms with Gasteiger partial charge in [0.25, 0.3) is 0 Å². The first-order valence-electron chi connectivity index (χ1n) is 8.60. The second-order valence-electron chi connectivity index (χ2n) is 6.61. The summed E-state index contributed by atoms with van der Waals surface area (Å²) < 4.78 is 40.9. The second kappa shape index (κ2) is 8.04. The molecule has 1 N–H and O–H groups in total. The topological polar surface area (TPSA) is 45.2 Å². The number of nitrogens with zero attached hydrogens (tertiary/aromatic N) is 2. The van der Waals surface area contributed by atoms with Gasteiger partial charge in [-0.15, -0.1) is 0 Å². The zero-order chi connectivity index (χ0) is 19.6. The van der Waals surface area contributed by atoms with E-state index < -0.39 is 11.7 Å². The molecule has 1 atom stereocenters. The number of aryl methyl sites for hydroxylation is 1. The summed E-state index contributed by atoms with van der Waals surface area (Å²) in [7, 11) is 0. The number of halogens is 4. The van der Waals surface area contributed by atoms with Crippen LogP contribution in [0.1, 0.15) is 24.0 Å². The van der Waals surface area contributed by atoms with Crippen molar-refractivity contribution < 1.29 is 18.0 Å². The normalized spacial score (nSPS) is 17.7. The SMILES string of the molecule is Cc1cc(I)ccc1NC(=O)C1CCCN(c2ncccc2C(F)(F)F)C1. The first-order chi connectivity index (χ1) is 12.8. The maximum Gasteiger partial charge on any atom is 0.419 e. The van der Waals surface area contributed by atoms with Gasteiger partial charge in [-0.3, -0.25) is 4.79 Å². The molecule has 3 rings (SSSR count). The maximum absolute atomic E-state index is 13.3. The molecular weight excluding hydrogens is 470 g/mol. The highest BCUT2D eigenvalue weighted by molar-refractivity contribution is 14.1. The van der Waals surface area contributed by atoms with Crippen LogP contribution in [-0.4, -0.2) is 24.0 Å². The highest BCUT2D eigenvalue weighted by atomic mass is 127. The largest absolute Gasteiger partial charge is 0.419 e. The van der Waals surface area contributed by atoms with Crippen LogP contribution in [0.3, 0.4) is 0 Å². The summed E-state index contributed by atoms with van der Waals surface area (Å²) in [4.78, 5) is 18.2. The van der Waals surface area contributed by atoms with Gasteiger partial charge >= 0.3 is 6.18 Å². The third kappa shape index (κ3) is 4.72. The molecule has 2 aromatic rings. The van der Waals surface area contributed by atoms with Crippen molar-refractivity contribution in [3.8, 4) is 0 Å². The van der Waals surface area contributed by atoms with Crippen LogP contribution >= 0.6 is 22.6 Å². The lowest BCUT2D eigenvalue weighted by atomic mass is 9.96. The number of amides is 1. The van der Waals surface area contributed by atoms with E-state index >= 15 is 0 Å². The third-order valence-corrected chi connectivity index (χ3v) is 5.30. The molecule has 0 aliphatic carbocycles. The van der Waals surface area contributed by atoms with Crippen LogP contribution in [0.15, 0.2) is 36.5 Å². The molecule has 1 unspecified atom stereocenters. The Hall–Kier alpha value is -1.84. The first-order valence-corrected chi connectivity index (χ1v) is 9.68. The minimum Gasteiger partial charge on any atom is -0.355 e. The Morgan fingerprint density at radius 2 is 2.11 bits per heavy atom. The maximum atomic E-state index is 13.3. The molecule has 1 aliphatic heterocycles. The van der Waals surface area contributed by atoms with E-state index in [0.29, 0.717) is 19.4 Å². The number of aromatic nitrogens is 1. The van der Waals surface area contributed by atoms with Gasteiger partial charge in [0.05, 0.1) is 11.5 Å². The van der Waals surface area contributed by atoms with Gasteiger partial charge in [-0.05, 0) is 78.3 Å². The summed E-state index contributed by atoms with van der Waals surface area (Å²) in [6.07, 6.45) is -1.85. The summed E-state index contributed by atoms with van der Waals surface area (Å²) in [6, 6.07) is 8.02. The van der Waals surface area contributed by atoms with Crippen molar-refractivity contribution in [3.63, 3.8) is 0 Å². The fourth-order valence-electron chi connectivity index (χ4n) is 3.26. The number of carbonyl (C=O) groups excluding carboxylic acids is 1. The summed E-state index contributed by atoms with van der Waals surface area (Å²) in [5.41, 5.74) is 0.915. The molecule has 1 fully saturated rings. The summed E-state index contributed by atoms with van der Waals surface area (Å²) in [5, 5.41) is 2.91. The van der Waals surface area contributed by atoms with E-state index in [2.05, 4.69) is 32.9 Å². The number of rotatable bonds is 3. The minimum absolute atomic E-state index is 0.104. The van der Waals surface area contributed by atoms with Gasteiger partial charge in [0.1, 0.15) is 5.82 Å². The van der Waals surface area contributed by atoms with Crippen molar-refractivity contribution in [2.24, 2.45) is 5.92 Å². The van der Waals surface area contributed by atoms with Crippen molar-refractivity contribution in [1.82, 2.24) is 4.98 Å². The lowest BCUT2D eigenvalue weighted by Gasteiger charge is -2.34. The predicted molar refractivity (Wildman–Crippen MR) is 107 cm³/mol. The van der Waals surface area contributed by atoms with Gasteiger partial charge in [-0.1, -0.05) is 0 Å². The zero-order valence-corrected chi connectivity index (χ0v) is 16.8. The number of anilines is 2. The lowest BCUT2D eigenvalue weighted by Crippen LogP contribution is -2.42. The van der Waals surface area contributed by atoms with Crippen LogP contribution in [0.4, 0.5) is 24.7 Å². The van der Waals surface area contributed by atoms with Gasteiger partial charge < -0.3 is 10.2 Å². The van der Waals surface area contributed by atoms with Crippen molar-refractivity contribution in [1.29, 1.82) is 0 Å². The number of piperidine rings is 1. The van der Waals surface area contributed by atoms with E-state index in [1.54, 1.807) is 4.90 Å². The molecule has 1 amide bonds. The van der Waals surface area contributed by atoms with Gasteiger partial charge in [0.2, 0.25) is 5.91 Å². The molecule has 1 saturated heterocycles. The summed E-state index contributed by atoms with van der Waals surface area (Å²) >= 11 is 2.20. The van der Waals surface area contributed by atoms with Crippen molar-refractivity contribution in [2.75, 3.05) is 23.3 Å². The van der Waals surface area contributed by atoms with Gasteiger partial charge in [0, 0.05) is 28.5 Å². The smallest absolute Gasteiger partial charge is 0.355 e. The molecule has 0 spiro atoms. The van der Waals surface area contributed by atoms with E-state index in [1.807, 2.05) is 25.1 Å². The molecule has 1 aromatic carbocycles. The average molecular weight is 489 g/mol. The van der Waals surface area contributed by atoms with Crippen LogP contribution < -0.4 is 10.2 Å². The van der Waals surface area contributed by atoms with Crippen molar-refractivity contribution in [2.45, 2.75) is 25.9 Å². The Balaban J connectivity index is 1.76. The van der Waals surface area contributed by atoms with Crippen molar-refractivity contribution in [3.05, 3.63) is 51.2 Å². The predicted octanol–water partition coefficient (Wildman–Crippen LogP) is 4.87. The Bertz CT molecular complexity index is 841. The van der Waals surface area contributed by atoms with Gasteiger partial charge in [0.15, 0.2) is 0 Å². The minimum atomic E-state index is -4.48. The Morgan fingerprint density at radius 3 is 2.81 bits per heavy atom. The molecule has 4 nitrogen and oxygen atoms in total. The second-order valence-corrected chi connectivity index (χ2v) is 7.85. The molecular formula is C19H19F3IN3O. The van der Waals surface area contributed by atoms with Crippen LogP contribution in [0.5, 0.6) is 0 Å². The molecule has 0 radical (unpaired) electrons.